The van der Waals surface area contributed by atoms with Gasteiger partial charge in [0.1, 0.15) is 23.6 Å². The van der Waals surface area contributed by atoms with Crippen LogP contribution in [0.4, 0.5) is 14.0 Å². The van der Waals surface area contributed by atoms with E-state index in [0.29, 0.717) is 30.4 Å². The molecule has 0 aromatic heterocycles. The number of aliphatic imine (C=N–C) groups is 1. The molecule has 4 atom stereocenters. The number of nitrogens with one attached hydrogen (secondary N) is 1. The molecule has 0 aliphatic carbocycles. The van der Waals surface area contributed by atoms with Gasteiger partial charge in [-0.1, -0.05) is 37.1 Å². The molecule has 3 aliphatic heterocycles. The molecule has 4 rings (SSSR count). The molecule has 13 heteroatoms. The molecule has 262 valence electrons. The maximum Gasteiger partial charge on any atom is 0.433 e. The van der Waals surface area contributed by atoms with Gasteiger partial charge in [-0.15, -0.1) is 0 Å². The average Bonchev–Trinajstić information content (AvgIpc) is 3.66. The second-order valence-corrected chi connectivity index (χ2v) is 13.5. The van der Waals surface area contributed by atoms with E-state index in [1.54, 1.807) is 32.9 Å². The minimum atomic E-state index is -0.955. The van der Waals surface area contributed by atoms with Crippen LogP contribution in [0.2, 0.25) is 0 Å². The summed E-state index contributed by atoms with van der Waals surface area (Å²) in [6.45, 7) is 5.61. The van der Waals surface area contributed by atoms with Gasteiger partial charge < -0.3 is 24.4 Å². The molecule has 1 unspecified atom stereocenters. The van der Waals surface area contributed by atoms with Crippen LogP contribution in [0.25, 0.3) is 0 Å². The summed E-state index contributed by atoms with van der Waals surface area (Å²) in [5.74, 6) is -2.52. The van der Waals surface area contributed by atoms with Gasteiger partial charge in [0.2, 0.25) is 11.8 Å². The molecule has 0 radical (unpaired) electrons. The first-order valence-corrected chi connectivity index (χ1v) is 16.6. The Hall–Kier alpha value is -4.29. The maximum atomic E-state index is 14.3. The molecule has 1 saturated heterocycles. The first-order chi connectivity index (χ1) is 22.8. The topological polar surface area (TPSA) is 144 Å². The van der Waals surface area contributed by atoms with Gasteiger partial charge in [0.05, 0.1) is 32.5 Å². The van der Waals surface area contributed by atoms with Crippen LogP contribution < -0.4 is 5.32 Å². The van der Waals surface area contributed by atoms with E-state index < -0.39 is 53.5 Å². The largest absolute Gasteiger partial charge is 0.469 e. The molecule has 3 aliphatic rings. The number of amides is 4. The molecule has 1 aromatic rings. The van der Waals surface area contributed by atoms with E-state index >= 15 is 0 Å². The van der Waals surface area contributed by atoms with Crippen molar-refractivity contribution in [2.45, 2.75) is 103 Å². The minimum absolute atomic E-state index is 0.0394. The van der Waals surface area contributed by atoms with Crippen LogP contribution in [-0.4, -0.2) is 83.9 Å². The molecule has 48 heavy (non-hydrogen) atoms. The predicted octanol–water partition coefficient (Wildman–Crippen LogP) is 5.08. The zero-order valence-electron chi connectivity index (χ0n) is 28.2. The number of fused-ring (bicyclic) bond motifs is 2. The third-order valence-electron chi connectivity index (χ3n) is 8.64. The summed E-state index contributed by atoms with van der Waals surface area (Å²) in [5.41, 5.74) is 0.371. The number of hydrogen-bond acceptors (Lipinski definition) is 8. The Balaban J connectivity index is 1.53. The number of esters is 1. The normalized spacial score (nSPS) is 24.9. The molecule has 1 aromatic carbocycles. The van der Waals surface area contributed by atoms with Gasteiger partial charge in [0.15, 0.2) is 0 Å². The quantitative estimate of drug-likeness (QED) is 0.202. The summed E-state index contributed by atoms with van der Waals surface area (Å²) in [7, 11) is 1.34. The fourth-order valence-electron chi connectivity index (χ4n) is 6.17. The van der Waals surface area contributed by atoms with E-state index in [-0.39, 0.29) is 50.9 Å². The Labute approximate surface area is 281 Å². The average molecular weight is 671 g/mol. The summed E-state index contributed by atoms with van der Waals surface area (Å²) < 4.78 is 30.3. The molecular weight excluding hydrogens is 623 g/mol. The highest BCUT2D eigenvalue weighted by Gasteiger charge is 2.43. The van der Waals surface area contributed by atoms with Crippen molar-refractivity contribution in [3.8, 4) is 0 Å². The maximum absolute atomic E-state index is 14.3. The van der Waals surface area contributed by atoms with Gasteiger partial charge in [-0.25, -0.2) is 14.0 Å². The summed E-state index contributed by atoms with van der Waals surface area (Å²) in [6.07, 6.45) is 7.22. The molecule has 12 nitrogen and oxygen atoms in total. The number of carbonyl (C=O) groups is 5. The van der Waals surface area contributed by atoms with Gasteiger partial charge in [0.25, 0.3) is 0 Å². The first kappa shape index (κ1) is 36.5. The number of rotatable bonds is 4. The zero-order chi connectivity index (χ0) is 34.8. The number of allylic oxidation sites excluding steroid dienone is 2. The molecular formula is C35H47FN4O8. The van der Waals surface area contributed by atoms with E-state index in [4.69, 9.17) is 14.2 Å². The fraction of sp³-hybridized carbons (Fsp3) is 0.600. The van der Waals surface area contributed by atoms with Gasteiger partial charge in [-0.3, -0.25) is 19.3 Å². The molecule has 0 bridgehead atoms. The molecule has 0 spiro atoms. The van der Waals surface area contributed by atoms with Gasteiger partial charge in [-0.2, -0.15) is 4.99 Å². The summed E-state index contributed by atoms with van der Waals surface area (Å²) in [5, 5.41) is 2.90. The van der Waals surface area contributed by atoms with Gasteiger partial charge >= 0.3 is 18.2 Å². The van der Waals surface area contributed by atoms with Crippen molar-refractivity contribution in [3.63, 3.8) is 0 Å². The highest BCUT2D eigenvalue weighted by Crippen LogP contribution is 2.29. The summed E-state index contributed by atoms with van der Waals surface area (Å²) >= 11 is 0. The number of benzene rings is 1. The third kappa shape index (κ3) is 10.4. The number of halogens is 1. The van der Waals surface area contributed by atoms with Crippen LogP contribution in [0, 0.1) is 17.7 Å². The highest BCUT2D eigenvalue weighted by molar-refractivity contribution is 5.98. The Kier molecular flexibility index (Phi) is 12.7. The number of methoxy groups -OCH3 is 1. The van der Waals surface area contributed by atoms with Gasteiger partial charge in [0, 0.05) is 31.3 Å². The van der Waals surface area contributed by atoms with E-state index in [2.05, 4.69) is 10.3 Å². The van der Waals surface area contributed by atoms with Crippen LogP contribution >= 0.6 is 0 Å². The van der Waals surface area contributed by atoms with Crippen molar-refractivity contribution in [2.75, 3.05) is 20.2 Å². The molecule has 0 saturated carbocycles. The SMILES string of the molecule is COC(=O)C[C@@H]1/C=C\CCCCCC(/C=N\C(=O)OC(C)(C)C)C(=O)N2C[C@H](OC(=O)N3Cc4cccc(F)c4C3)C[C@H]2C(=O)NCC1. The van der Waals surface area contributed by atoms with E-state index in [9.17, 15) is 28.4 Å². The number of ether oxygens (including phenoxy) is 3. The van der Waals surface area contributed by atoms with Crippen molar-refractivity contribution < 1.29 is 42.6 Å². The van der Waals surface area contributed by atoms with Crippen molar-refractivity contribution in [1.82, 2.24) is 15.1 Å². The smallest absolute Gasteiger partial charge is 0.433 e. The van der Waals surface area contributed by atoms with Crippen LogP contribution in [0.5, 0.6) is 0 Å². The molecule has 4 amide bonds. The second kappa shape index (κ2) is 16.7. The molecule has 3 heterocycles. The number of carbonyl (C=O) groups excluding carboxylic acids is 5. The lowest BCUT2D eigenvalue weighted by atomic mass is 9.97. The second-order valence-electron chi connectivity index (χ2n) is 13.5. The third-order valence-corrected chi connectivity index (χ3v) is 8.64. The number of hydrogen-bond donors (Lipinski definition) is 1. The van der Waals surface area contributed by atoms with E-state index in [1.165, 1.54) is 29.2 Å². The Morgan fingerprint density at radius 2 is 1.90 bits per heavy atom. The van der Waals surface area contributed by atoms with Crippen LogP contribution in [0.1, 0.15) is 83.3 Å². The van der Waals surface area contributed by atoms with E-state index in [0.717, 1.165) is 19.3 Å². The van der Waals surface area contributed by atoms with Crippen molar-refractivity contribution in [2.24, 2.45) is 16.8 Å². The lowest BCUT2D eigenvalue weighted by molar-refractivity contribution is -0.141. The Morgan fingerprint density at radius 3 is 2.62 bits per heavy atom. The van der Waals surface area contributed by atoms with E-state index in [1.807, 2.05) is 12.2 Å². The highest BCUT2D eigenvalue weighted by atomic mass is 19.1. The molecule has 1 N–H and O–H groups in total. The molecule has 1 fully saturated rings. The van der Waals surface area contributed by atoms with Crippen molar-refractivity contribution in [3.05, 3.63) is 47.3 Å². The van der Waals surface area contributed by atoms with Crippen molar-refractivity contribution in [1.29, 1.82) is 0 Å². The van der Waals surface area contributed by atoms with Crippen molar-refractivity contribution >= 4 is 36.2 Å². The monoisotopic (exact) mass is 670 g/mol. The fourth-order valence-corrected chi connectivity index (χ4v) is 6.17. The van der Waals surface area contributed by atoms with Crippen LogP contribution in [0.3, 0.4) is 0 Å². The first-order valence-electron chi connectivity index (χ1n) is 16.6. The Morgan fingerprint density at radius 1 is 1.10 bits per heavy atom. The number of nitrogens with zero attached hydrogens (tertiary/aromatic N) is 3. The summed E-state index contributed by atoms with van der Waals surface area (Å²) in [4.78, 5) is 72.0. The minimum Gasteiger partial charge on any atom is -0.469 e. The lowest BCUT2D eigenvalue weighted by Gasteiger charge is -2.27. The standard InChI is InChI=1S/C35H47FN4O8/c1-35(2,3)48-33(44)38-19-24-12-9-7-5-6-8-11-23(17-30(41)46-4)15-16-37-31(42)29-18-26(21-40(29)32(24)43)47-34(45)39-20-25-13-10-14-28(36)27(25)22-39/h8,10-11,13-14,19,23-24,26,29H,5-7,9,12,15-18,20-22H2,1-4H3,(H,37,42)/b11-8-,38-19-/t23-,24?,26-,29+/m1/s1. The van der Waals surface area contributed by atoms with Crippen LogP contribution in [-0.2, 0) is 41.7 Å². The van der Waals surface area contributed by atoms with Gasteiger partial charge in [-0.05, 0) is 64.0 Å². The Bertz CT molecular complexity index is 1410. The summed E-state index contributed by atoms with van der Waals surface area (Å²) in [6, 6.07) is 3.74. The predicted molar refractivity (Wildman–Crippen MR) is 174 cm³/mol. The zero-order valence-corrected chi connectivity index (χ0v) is 28.2. The lowest BCUT2D eigenvalue weighted by Crippen LogP contribution is -2.48. The van der Waals surface area contributed by atoms with Crippen LogP contribution in [0.15, 0.2) is 35.3 Å².